The van der Waals surface area contributed by atoms with Gasteiger partial charge in [-0.15, -0.1) is 0 Å². The van der Waals surface area contributed by atoms with E-state index in [9.17, 15) is 0 Å². The lowest BCUT2D eigenvalue weighted by Gasteiger charge is -2.19. The van der Waals surface area contributed by atoms with E-state index in [0.717, 1.165) is 28.3 Å². The monoisotopic (exact) mass is 267 g/mol. The zero-order valence-corrected chi connectivity index (χ0v) is 11.2. The van der Waals surface area contributed by atoms with Crippen molar-refractivity contribution in [2.24, 2.45) is 0 Å². The number of fused-ring (bicyclic) bond motifs is 2. The predicted molar refractivity (Wildman–Crippen MR) is 79.7 cm³/mol. The van der Waals surface area contributed by atoms with E-state index >= 15 is 0 Å². The average molecular weight is 267 g/mol. The number of hydrogen-bond acceptors (Lipinski definition) is 4. The highest BCUT2D eigenvalue weighted by Crippen LogP contribution is 2.35. The molecule has 0 atom stereocenters. The largest absolute Gasteiger partial charge is 0.385 e. The highest BCUT2D eigenvalue weighted by Gasteiger charge is 2.16. The molecule has 4 heteroatoms. The summed E-state index contributed by atoms with van der Waals surface area (Å²) in [5.41, 5.74) is 4.90. The molecular formula is C15H13N3S. The molecule has 0 fully saturated rings. The molecule has 1 N–H and O–H groups in total. The lowest BCUT2D eigenvalue weighted by molar-refractivity contribution is 0.832. The second-order valence-corrected chi connectivity index (χ2v) is 5.69. The van der Waals surface area contributed by atoms with Crippen molar-refractivity contribution in [2.75, 3.05) is 11.9 Å². The van der Waals surface area contributed by atoms with Crippen LogP contribution in [0.2, 0.25) is 0 Å². The zero-order valence-electron chi connectivity index (χ0n) is 10.4. The Morgan fingerprint density at radius 2 is 2.16 bits per heavy atom. The number of rotatable bonds is 1. The van der Waals surface area contributed by atoms with Crippen molar-refractivity contribution < 1.29 is 0 Å². The van der Waals surface area contributed by atoms with Crippen LogP contribution in [0.3, 0.4) is 0 Å². The predicted octanol–water partition coefficient (Wildman–Crippen LogP) is 3.72. The van der Waals surface area contributed by atoms with Gasteiger partial charge in [0, 0.05) is 24.0 Å². The Kier molecular flexibility index (Phi) is 2.48. The highest BCUT2D eigenvalue weighted by atomic mass is 32.1. The van der Waals surface area contributed by atoms with Gasteiger partial charge in [-0.05, 0) is 36.6 Å². The maximum Gasteiger partial charge on any atom is 0.143 e. The lowest BCUT2D eigenvalue weighted by Crippen LogP contribution is -2.12. The number of benzene rings is 1. The van der Waals surface area contributed by atoms with Crippen molar-refractivity contribution >= 4 is 27.4 Å². The van der Waals surface area contributed by atoms with Gasteiger partial charge in [-0.2, -0.15) is 0 Å². The zero-order chi connectivity index (χ0) is 12.7. The van der Waals surface area contributed by atoms with E-state index in [0.29, 0.717) is 0 Å². The quantitative estimate of drug-likeness (QED) is 0.730. The van der Waals surface area contributed by atoms with Crippen molar-refractivity contribution in [3.05, 3.63) is 42.1 Å². The molecule has 19 heavy (non-hydrogen) atoms. The first-order chi connectivity index (χ1) is 9.42. The van der Waals surface area contributed by atoms with Gasteiger partial charge in [0.2, 0.25) is 0 Å². The van der Waals surface area contributed by atoms with Gasteiger partial charge < -0.3 is 5.32 Å². The first-order valence-corrected chi connectivity index (χ1v) is 7.31. The number of thiazole rings is 1. The lowest BCUT2D eigenvalue weighted by atomic mass is 9.98. The summed E-state index contributed by atoms with van der Waals surface area (Å²) in [6, 6.07) is 10.4. The molecule has 4 rings (SSSR count). The Morgan fingerprint density at radius 3 is 3.11 bits per heavy atom. The molecule has 3 heterocycles. The fraction of sp³-hybridized carbons (Fsp3) is 0.200. The maximum absolute atomic E-state index is 4.72. The van der Waals surface area contributed by atoms with Crippen molar-refractivity contribution in [3.8, 4) is 10.6 Å². The molecule has 1 aliphatic heterocycles. The summed E-state index contributed by atoms with van der Waals surface area (Å²) < 4.78 is 0. The van der Waals surface area contributed by atoms with Gasteiger partial charge in [0.1, 0.15) is 15.4 Å². The third kappa shape index (κ3) is 1.79. The molecule has 1 aromatic carbocycles. The van der Waals surface area contributed by atoms with Crippen molar-refractivity contribution in [1.29, 1.82) is 0 Å². The second kappa shape index (κ2) is 4.31. The molecule has 94 valence electrons. The van der Waals surface area contributed by atoms with E-state index in [1.807, 2.05) is 18.3 Å². The number of nitrogens with zero attached hydrogens (tertiary/aromatic N) is 2. The van der Waals surface area contributed by atoms with Crippen molar-refractivity contribution in [3.63, 3.8) is 0 Å². The Hall–Kier alpha value is -1.94. The van der Waals surface area contributed by atoms with Gasteiger partial charge in [0.05, 0.1) is 0 Å². The molecule has 0 unspecified atom stereocenters. The standard InChI is InChI=1S/C15H13N3S/c1-4-11(10-5-2-8-16-12(10)6-1)14-18-13-7-3-9-17-15(13)19-14/h1,3-4,6-7,9,16H,2,5,8H2. The van der Waals surface area contributed by atoms with Crippen LogP contribution in [0, 0.1) is 0 Å². The van der Waals surface area contributed by atoms with Gasteiger partial charge in [0.15, 0.2) is 0 Å². The third-order valence-corrected chi connectivity index (χ3v) is 4.50. The first kappa shape index (κ1) is 10.9. The van der Waals surface area contributed by atoms with Crippen molar-refractivity contribution in [1.82, 2.24) is 9.97 Å². The van der Waals surface area contributed by atoms with E-state index in [2.05, 4.69) is 28.5 Å². The van der Waals surface area contributed by atoms with Crippen LogP contribution in [0.25, 0.3) is 20.9 Å². The summed E-state index contributed by atoms with van der Waals surface area (Å²) in [5.74, 6) is 0. The van der Waals surface area contributed by atoms with E-state index in [4.69, 9.17) is 4.98 Å². The summed E-state index contributed by atoms with van der Waals surface area (Å²) >= 11 is 1.67. The van der Waals surface area contributed by atoms with E-state index < -0.39 is 0 Å². The molecule has 0 radical (unpaired) electrons. The minimum absolute atomic E-state index is 0.990. The minimum atomic E-state index is 0.990. The fourth-order valence-corrected chi connectivity index (χ4v) is 3.56. The molecule has 0 amide bonds. The molecule has 2 aromatic heterocycles. The van der Waals surface area contributed by atoms with E-state index in [-0.39, 0.29) is 0 Å². The number of nitrogens with one attached hydrogen (secondary N) is 1. The third-order valence-electron chi connectivity index (χ3n) is 3.49. The molecule has 1 aliphatic rings. The van der Waals surface area contributed by atoms with Crippen LogP contribution in [0.15, 0.2) is 36.5 Å². The van der Waals surface area contributed by atoms with Crippen LogP contribution < -0.4 is 5.32 Å². The van der Waals surface area contributed by atoms with Crippen LogP contribution in [-0.2, 0) is 6.42 Å². The molecule has 0 saturated carbocycles. The van der Waals surface area contributed by atoms with E-state index in [1.54, 1.807) is 11.3 Å². The fourth-order valence-electron chi connectivity index (χ4n) is 2.60. The van der Waals surface area contributed by atoms with Crippen LogP contribution in [0.5, 0.6) is 0 Å². The molecule has 0 bridgehead atoms. The number of pyridine rings is 1. The SMILES string of the molecule is c1cc2c(c(-c3nc4cccnc4s3)c1)CCCN2. The van der Waals surface area contributed by atoms with Crippen LogP contribution >= 0.6 is 11.3 Å². The minimum Gasteiger partial charge on any atom is -0.385 e. The Balaban J connectivity index is 1.92. The van der Waals surface area contributed by atoms with Crippen LogP contribution in [-0.4, -0.2) is 16.5 Å². The molecular weight excluding hydrogens is 254 g/mol. The van der Waals surface area contributed by atoms with Gasteiger partial charge >= 0.3 is 0 Å². The Bertz CT molecular complexity index is 715. The Labute approximate surface area is 115 Å². The topological polar surface area (TPSA) is 37.8 Å². The molecule has 0 aliphatic carbocycles. The van der Waals surface area contributed by atoms with E-state index in [1.165, 1.54) is 23.2 Å². The number of anilines is 1. The second-order valence-electron chi connectivity index (χ2n) is 4.71. The average Bonchev–Trinajstić information content (AvgIpc) is 2.90. The number of aromatic nitrogens is 2. The Morgan fingerprint density at radius 1 is 1.16 bits per heavy atom. The maximum atomic E-state index is 4.72. The summed E-state index contributed by atoms with van der Waals surface area (Å²) in [6.45, 7) is 1.07. The summed E-state index contributed by atoms with van der Waals surface area (Å²) in [5, 5.41) is 4.55. The van der Waals surface area contributed by atoms with Gasteiger partial charge in [-0.1, -0.05) is 23.5 Å². The van der Waals surface area contributed by atoms with Crippen molar-refractivity contribution in [2.45, 2.75) is 12.8 Å². The number of hydrogen-bond donors (Lipinski definition) is 1. The highest BCUT2D eigenvalue weighted by molar-refractivity contribution is 7.21. The summed E-state index contributed by atoms with van der Waals surface area (Å²) in [6.07, 6.45) is 4.14. The first-order valence-electron chi connectivity index (χ1n) is 6.49. The van der Waals surface area contributed by atoms with Gasteiger partial charge in [-0.3, -0.25) is 0 Å². The smallest absolute Gasteiger partial charge is 0.143 e. The van der Waals surface area contributed by atoms with Gasteiger partial charge in [0.25, 0.3) is 0 Å². The van der Waals surface area contributed by atoms with Crippen LogP contribution in [0.4, 0.5) is 5.69 Å². The summed E-state index contributed by atoms with van der Waals surface area (Å²) in [4.78, 5) is 10.1. The molecule has 0 saturated heterocycles. The van der Waals surface area contributed by atoms with Crippen LogP contribution in [0.1, 0.15) is 12.0 Å². The molecule has 3 aromatic rings. The normalized spacial score (nSPS) is 14.1. The van der Waals surface area contributed by atoms with Gasteiger partial charge in [-0.25, -0.2) is 9.97 Å². The molecule has 0 spiro atoms. The molecule has 3 nitrogen and oxygen atoms in total. The summed E-state index contributed by atoms with van der Waals surface area (Å²) in [7, 11) is 0.